The molecule has 0 unspecified atom stereocenters. The highest BCUT2D eigenvalue weighted by Gasteiger charge is 2.30. The molecule has 0 radical (unpaired) electrons. The number of hydrogen-bond acceptors (Lipinski definition) is 5. The lowest BCUT2D eigenvalue weighted by molar-refractivity contribution is -0.147. The summed E-state index contributed by atoms with van der Waals surface area (Å²) in [6, 6.07) is 4.96. The fraction of sp³-hybridized carbons (Fsp3) is 0.529. The van der Waals surface area contributed by atoms with Crippen LogP contribution < -0.4 is 4.90 Å². The van der Waals surface area contributed by atoms with Crippen LogP contribution in [0, 0.1) is 13.8 Å². The van der Waals surface area contributed by atoms with Crippen molar-refractivity contribution in [3.8, 4) is 0 Å². The van der Waals surface area contributed by atoms with Crippen LogP contribution in [0.25, 0.3) is 0 Å². The molecule has 0 saturated carbocycles. The molecule has 1 aromatic carbocycles. The summed E-state index contributed by atoms with van der Waals surface area (Å²) in [5.41, 5.74) is 2.53. The van der Waals surface area contributed by atoms with Crippen LogP contribution in [0.1, 0.15) is 18.1 Å². The summed E-state index contributed by atoms with van der Waals surface area (Å²) in [7, 11) is 2.98. The SMILES string of the molecule is COCCOC(=O)[C@H](C)N(C(=O)COC)c1c(C)cccc1C. The van der Waals surface area contributed by atoms with Crippen LogP contribution in [-0.4, -0.2) is 52.0 Å². The fourth-order valence-electron chi connectivity index (χ4n) is 2.36. The second kappa shape index (κ2) is 9.27. The van der Waals surface area contributed by atoms with Crippen molar-refractivity contribution in [2.75, 3.05) is 38.9 Å². The van der Waals surface area contributed by atoms with E-state index in [1.165, 1.54) is 19.1 Å². The van der Waals surface area contributed by atoms with Gasteiger partial charge in [-0.3, -0.25) is 9.69 Å². The Morgan fingerprint density at radius 2 is 1.70 bits per heavy atom. The van der Waals surface area contributed by atoms with E-state index in [0.717, 1.165) is 11.1 Å². The van der Waals surface area contributed by atoms with Crippen LogP contribution in [0.15, 0.2) is 18.2 Å². The largest absolute Gasteiger partial charge is 0.462 e. The van der Waals surface area contributed by atoms with Gasteiger partial charge in [0.05, 0.1) is 12.3 Å². The minimum atomic E-state index is -0.755. The molecule has 0 aliphatic rings. The molecule has 6 heteroatoms. The normalized spacial score (nSPS) is 11.9. The monoisotopic (exact) mass is 323 g/mol. The van der Waals surface area contributed by atoms with E-state index in [0.29, 0.717) is 12.3 Å². The Morgan fingerprint density at radius 3 is 2.22 bits per heavy atom. The first kappa shape index (κ1) is 19.1. The molecule has 0 saturated heterocycles. The van der Waals surface area contributed by atoms with Crippen molar-refractivity contribution in [1.82, 2.24) is 0 Å². The number of anilines is 1. The lowest BCUT2D eigenvalue weighted by Crippen LogP contribution is -2.46. The third kappa shape index (κ3) is 5.04. The number of ether oxygens (including phenoxy) is 3. The number of esters is 1. The van der Waals surface area contributed by atoms with E-state index in [1.54, 1.807) is 6.92 Å². The highest BCUT2D eigenvalue weighted by molar-refractivity contribution is 6.01. The van der Waals surface area contributed by atoms with Crippen LogP contribution in [-0.2, 0) is 23.8 Å². The molecule has 0 spiro atoms. The van der Waals surface area contributed by atoms with Crippen molar-refractivity contribution >= 4 is 17.6 Å². The van der Waals surface area contributed by atoms with Crippen LogP contribution in [0.2, 0.25) is 0 Å². The van der Waals surface area contributed by atoms with Gasteiger partial charge in [0.2, 0.25) is 0 Å². The molecule has 23 heavy (non-hydrogen) atoms. The number of amides is 1. The number of rotatable bonds is 8. The molecule has 0 aliphatic heterocycles. The first-order chi connectivity index (χ1) is 10.9. The molecule has 0 aromatic heterocycles. The number of carbonyl (C=O) groups excluding carboxylic acids is 2. The molecule has 128 valence electrons. The van der Waals surface area contributed by atoms with Crippen LogP contribution in [0.5, 0.6) is 0 Å². The fourth-order valence-corrected chi connectivity index (χ4v) is 2.36. The topological polar surface area (TPSA) is 65.1 Å². The predicted molar refractivity (Wildman–Crippen MR) is 87.6 cm³/mol. The van der Waals surface area contributed by atoms with Crippen molar-refractivity contribution in [1.29, 1.82) is 0 Å². The maximum absolute atomic E-state index is 12.5. The zero-order valence-corrected chi connectivity index (χ0v) is 14.4. The number of methoxy groups -OCH3 is 2. The quantitative estimate of drug-likeness (QED) is 0.540. The van der Waals surface area contributed by atoms with Gasteiger partial charge in [-0.15, -0.1) is 0 Å². The van der Waals surface area contributed by atoms with Crippen molar-refractivity contribution in [2.24, 2.45) is 0 Å². The Morgan fingerprint density at radius 1 is 1.09 bits per heavy atom. The van der Waals surface area contributed by atoms with Crippen LogP contribution >= 0.6 is 0 Å². The summed E-state index contributed by atoms with van der Waals surface area (Å²) in [5.74, 6) is -0.768. The van der Waals surface area contributed by atoms with Gasteiger partial charge < -0.3 is 14.2 Å². The molecule has 0 aliphatic carbocycles. The molecular weight excluding hydrogens is 298 g/mol. The molecule has 0 N–H and O–H groups in total. The maximum atomic E-state index is 12.5. The first-order valence-electron chi connectivity index (χ1n) is 7.46. The zero-order chi connectivity index (χ0) is 17.4. The van der Waals surface area contributed by atoms with E-state index < -0.39 is 12.0 Å². The predicted octanol–water partition coefficient (Wildman–Crippen LogP) is 1.86. The van der Waals surface area contributed by atoms with Gasteiger partial charge in [0.1, 0.15) is 19.3 Å². The van der Waals surface area contributed by atoms with Crippen molar-refractivity contribution < 1.29 is 23.8 Å². The molecule has 0 heterocycles. The summed E-state index contributed by atoms with van der Waals surface area (Å²) in [4.78, 5) is 26.2. The highest BCUT2D eigenvalue weighted by Crippen LogP contribution is 2.27. The Kier molecular flexibility index (Phi) is 7.71. The summed E-state index contributed by atoms with van der Waals surface area (Å²) in [6.45, 7) is 5.81. The second-order valence-electron chi connectivity index (χ2n) is 5.27. The van der Waals surface area contributed by atoms with Gasteiger partial charge in [-0.2, -0.15) is 0 Å². The maximum Gasteiger partial charge on any atom is 0.329 e. The van der Waals surface area contributed by atoms with Crippen molar-refractivity contribution in [3.63, 3.8) is 0 Å². The Balaban J connectivity index is 3.10. The molecule has 0 bridgehead atoms. The van der Waals surface area contributed by atoms with E-state index in [1.807, 2.05) is 32.0 Å². The van der Waals surface area contributed by atoms with E-state index in [-0.39, 0.29) is 19.1 Å². The van der Waals surface area contributed by atoms with E-state index in [2.05, 4.69) is 0 Å². The first-order valence-corrected chi connectivity index (χ1v) is 7.46. The summed E-state index contributed by atoms with van der Waals surface area (Å²) < 4.78 is 15.0. The van der Waals surface area contributed by atoms with Gasteiger partial charge in [-0.25, -0.2) is 4.79 Å². The zero-order valence-electron chi connectivity index (χ0n) is 14.4. The lowest BCUT2D eigenvalue weighted by Gasteiger charge is -2.30. The Bertz CT molecular complexity index is 524. The van der Waals surface area contributed by atoms with Gasteiger partial charge in [0, 0.05) is 14.2 Å². The Labute approximate surface area is 137 Å². The molecule has 1 amide bonds. The third-order valence-electron chi connectivity index (χ3n) is 3.48. The van der Waals surface area contributed by atoms with Gasteiger partial charge in [0.15, 0.2) is 0 Å². The summed E-state index contributed by atoms with van der Waals surface area (Å²) in [6.07, 6.45) is 0. The van der Waals surface area contributed by atoms with Gasteiger partial charge >= 0.3 is 5.97 Å². The lowest BCUT2D eigenvalue weighted by atomic mass is 10.1. The minimum Gasteiger partial charge on any atom is -0.462 e. The average molecular weight is 323 g/mol. The molecule has 1 atom stereocenters. The standard InChI is InChI=1S/C17H25NO5/c1-12-7-6-8-13(2)16(12)18(15(19)11-22-5)14(3)17(20)23-10-9-21-4/h6-8,14H,9-11H2,1-5H3/t14-/m0/s1. The Hall–Kier alpha value is -1.92. The average Bonchev–Trinajstić information content (AvgIpc) is 2.50. The van der Waals surface area contributed by atoms with E-state index in [4.69, 9.17) is 14.2 Å². The van der Waals surface area contributed by atoms with Crippen LogP contribution in [0.4, 0.5) is 5.69 Å². The number of benzene rings is 1. The summed E-state index contributed by atoms with van der Waals surface area (Å²) >= 11 is 0. The van der Waals surface area contributed by atoms with Crippen molar-refractivity contribution in [3.05, 3.63) is 29.3 Å². The van der Waals surface area contributed by atoms with E-state index >= 15 is 0 Å². The third-order valence-corrected chi connectivity index (χ3v) is 3.48. The minimum absolute atomic E-state index is 0.108. The molecule has 1 aromatic rings. The smallest absolute Gasteiger partial charge is 0.329 e. The second-order valence-corrected chi connectivity index (χ2v) is 5.27. The number of hydrogen-bond donors (Lipinski definition) is 0. The number of para-hydroxylation sites is 1. The number of aryl methyl sites for hydroxylation is 2. The van der Waals surface area contributed by atoms with Gasteiger partial charge in [0.25, 0.3) is 5.91 Å². The highest BCUT2D eigenvalue weighted by atomic mass is 16.6. The molecule has 0 fully saturated rings. The van der Waals surface area contributed by atoms with Crippen LogP contribution in [0.3, 0.4) is 0 Å². The molecule has 6 nitrogen and oxygen atoms in total. The molecule has 1 rings (SSSR count). The van der Waals surface area contributed by atoms with Crippen molar-refractivity contribution in [2.45, 2.75) is 26.8 Å². The number of carbonyl (C=O) groups is 2. The molecular formula is C17H25NO5. The van der Waals surface area contributed by atoms with E-state index in [9.17, 15) is 9.59 Å². The summed E-state index contributed by atoms with van der Waals surface area (Å²) in [5, 5.41) is 0. The number of nitrogens with zero attached hydrogens (tertiary/aromatic N) is 1. The van der Waals surface area contributed by atoms with Gasteiger partial charge in [-0.05, 0) is 31.9 Å². The van der Waals surface area contributed by atoms with Gasteiger partial charge in [-0.1, -0.05) is 18.2 Å².